The highest BCUT2D eigenvalue weighted by Gasteiger charge is 2.20. The molecule has 1 heterocycles. The zero-order chi connectivity index (χ0) is 22.6. The summed E-state index contributed by atoms with van der Waals surface area (Å²) in [5.41, 5.74) is 4.97. The van der Waals surface area contributed by atoms with E-state index in [2.05, 4.69) is 66.7 Å². The molecule has 0 aliphatic heterocycles. The number of rotatable bonds is 9. The Hall–Kier alpha value is -3.09. The van der Waals surface area contributed by atoms with Gasteiger partial charge in [-0.1, -0.05) is 72.4 Å². The predicted octanol–water partition coefficient (Wildman–Crippen LogP) is 4.72. The van der Waals surface area contributed by atoms with Crippen LogP contribution in [0.4, 0.5) is 0 Å². The van der Waals surface area contributed by atoms with E-state index in [0.29, 0.717) is 18.1 Å². The molecule has 0 amide bonds. The summed E-state index contributed by atoms with van der Waals surface area (Å²) in [5.74, 6) is 1.01. The van der Waals surface area contributed by atoms with E-state index in [1.54, 1.807) is 11.3 Å². The summed E-state index contributed by atoms with van der Waals surface area (Å²) >= 11 is 3.55. The van der Waals surface area contributed by atoms with Gasteiger partial charge in [0.15, 0.2) is 10.9 Å². The zero-order valence-electron chi connectivity index (χ0n) is 17.9. The van der Waals surface area contributed by atoms with Crippen molar-refractivity contribution in [2.24, 2.45) is 0 Å². The van der Waals surface area contributed by atoms with E-state index >= 15 is 0 Å². The van der Waals surface area contributed by atoms with Crippen molar-refractivity contribution in [3.05, 3.63) is 105 Å². The molecule has 0 spiro atoms. The summed E-state index contributed by atoms with van der Waals surface area (Å²) < 4.78 is 7.60. The van der Waals surface area contributed by atoms with E-state index in [4.69, 9.17) is 14.8 Å². The quantitative estimate of drug-likeness (QED) is 0.456. The molecule has 33 heavy (non-hydrogen) atoms. The minimum absolute atomic E-state index is 0.321. The lowest BCUT2D eigenvalue weighted by Gasteiger charge is -2.17. The van der Waals surface area contributed by atoms with Gasteiger partial charge in [0.1, 0.15) is 5.76 Å². The molecule has 0 atom stereocenters. The van der Waals surface area contributed by atoms with Gasteiger partial charge in [0, 0.05) is 11.7 Å². The van der Waals surface area contributed by atoms with Crippen LogP contribution in [-0.4, -0.2) is 28.4 Å². The number of carbonyl (C=O) groups is 1. The van der Waals surface area contributed by atoms with Gasteiger partial charge in [0.2, 0.25) is 0 Å². The minimum atomic E-state index is -0.969. The topological polar surface area (TPSA) is 59.4 Å². The summed E-state index contributed by atoms with van der Waals surface area (Å²) in [6.45, 7) is -0.321. The molecule has 5 rings (SSSR count). The van der Waals surface area contributed by atoms with Gasteiger partial charge in [0.05, 0.1) is 9.88 Å². The third kappa shape index (κ3) is 4.97. The van der Waals surface area contributed by atoms with E-state index in [1.165, 1.54) is 21.2 Å². The Labute approximate surface area is 200 Å². The van der Waals surface area contributed by atoms with Crippen LogP contribution in [0, 0.1) is 0 Å². The number of hydrogen-bond acceptors (Lipinski definition) is 5. The average Bonchev–Trinajstić information content (AvgIpc) is 3.38. The van der Waals surface area contributed by atoms with Crippen molar-refractivity contribution in [3.63, 3.8) is 0 Å². The van der Waals surface area contributed by atoms with E-state index in [0.717, 1.165) is 27.4 Å². The van der Waals surface area contributed by atoms with E-state index < -0.39 is 5.97 Å². The maximum atomic E-state index is 10.7. The lowest BCUT2D eigenvalue weighted by atomic mass is 9.89. The van der Waals surface area contributed by atoms with E-state index in [-0.39, 0.29) is 6.61 Å². The SMILES string of the molecule is O=C(O)COC1=CCC2=c3nc(SCCC(c4ccccc4)c4ccccc4)sc3=CC2=C1. The lowest BCUT2D eigenvalue weighted by molar-refractivity contribution is -0.140. The molecule has 0 radical (unpaired) electrons. The Morgan fingerprint density at radius 3 is 2.42 bits per heavy atom. The average molecular weight is 474 g/mol. The van der Waals surface area contributed by atoms with Crippen molar-refractivity contribution >= 4 is 40.7 Å². The van der Waals surface area contributed by atoms with Gasteiger partial charge in [-0.2, -0.15) is 0 Å². The molecule has 2 aliphatic carbocycles. The molecule has 0 saturated heterocycles. The Morgan fingerprint density at radius 2 is 1.76 bits per heavy atom. The van der Waals surface area contributed by atoms with E-state index in [9.17, 15) is 4.79 Å². The number of ether oxygens (including phenoxy) is 1. The maximum absolute atomic E-state index is 10.7. The fourth-order valence-corrected chi connectivity index (χ4v) is 6.43. The summed E-state index contributed by atoms with van der Waals surface area (Å²) in [6.07, 6.45) is 7.73. The highest BCUT2D eigenvalue weighted by atomic mass is 32.2. The van der Waals surface area contributed by atoms with Crippen LogP contribution in [0.15, 0.2) is 88.5 Å². The number of carboxylic acid groups (broad SMARTS) is 1. The fourth-order valence-electron chi connectivity index (χ4n) is 4.22. The third-order valence-electron chi connectivity index (χ3n) is 5.76. The van der Waals surface area contributed by atoms with Crippen LogP contribution in [0.3, 0.4) is 0 Å². The molecule has 166 valence electrons. The molecule has 0 bridgehead atoms. The van der Waals surface area contributed by atoms with Crippen LogP contribution < -0.4 is 9.88 Å². The van der Waals surface area contributed by atoms with Crippen LogP contribution in [0.2, 0.25) is 0 Å². The first-order valence-corrected chi connectivity index (χ1v) is 12.7. The molecule has 2 aliphatic rings. The fraction of sp³-hybridized carbons (Fsp3) is 0.185. The first-order valence-electron chi connectivity index (χ1n) is 10.9. The molecule has 0 saturated carbocycles. The van der Waals surface area contributed by atoms with Crippen LogP contribution >= 0.6 is 23.1 Å². The van der Waals surface area contributed by atoms with Crippen molar-refractivity contribution in [2.75, 3.05) is 12.4 Å². The molecule has 0 unspecified atom stereocenters. The summed E-state index contributed by atoms with van der Waals surface area (Å²) in [6, 6.07) is 21.4. The first-order chi connectivity index (χ1) is 16.2. The number of thiazole rings is 1. The third-order valence-corrected chi connectivity index (χ3v) is 7.94. The number of aliphatic carboxylic acids is 1. The zero-order valence-corrected chi connectivity index (χ0v) is 19.6. The molecular formula is C27H23NO3S2. The number of carboxylic acids is 1. The number of allylic oxidation sites excluding steroid dienone is 3. The van der Waals surface area contributed by atoms with Gasteiger partial charge in [-0.25, -0.2) is 9.78 Å². The van der Waals surface area contributed by atoms with Gasteiger partial charge in [-0.15, -0.1) is 11.3 Å². The molecule has 3 aromatic rings. The molecule has 1 N–H and O–H groups in total. The second kappa shape index (κ2) is 9.81. The van der Waals surface area contributed by atoms with Crippen LogP contribution in [0.25, 0.3) is 11.6 Å². The Bertz CT molecular complexity index is 1300. The predicted molar refractivity (Wildman–Crippen MR) is 134 cm³/mol. The number of benzene rings is 2. The number of aromatic nitrogens is 1. The number of fused-ring (bicyclic) bond motifs is 2. The Morgan fingerprint density at radius 1 is 1.06 bits per heavy atom. The summed E-state index contributed by atoms with van der Waals surface area (Å²) in [7, 11) is 0. The van der Waals surface area contributed by atoms with Crippen molar-refractivity contribution < 1.29 is 14.6 Å². The van der Waals surface area contributed by atoms with Gasteiger partial charge < -0.3 is 9.84 Å². The van der Waals surface area contributed by atoms with Gasteiger partial charge >= 0.3 is 5.97 Å². The standard InChI is InChI=1S/C27H23NO3S2/c29-25(30)17-31-21-11-12-23-20(15-21)16-24-26(23)28-27(33-24)32-14-13-22(18-7-3-1-4-8-18)19-9-5-2-6-10-19/h1-11,15-16,22H,12-14,17H2,(H,29,30). The lowest BCUT2D eigenvalue weighted by Crippen LogP contribution is -2.19. The summed E-state index contributed by atoms with van der Waals surface area (Å²) in [5, 5.41) is 9.87. The van der Waals surface area contributed by atoms with Gasteiger partial charge in [-0.3, -0.25) is 0 Å². The molecule has 0 fully saturated rings. The highest BCUT2D eigenvalue weighted by Crippen LogP contribution is 2.32. The van der Waals surface area contributed by atoms with Crippen molar-refractivity contribution in [1.29, 1.82) is 0 Å². The maximum Gasteiger partial charge on any atom is 0.341 e. The van der Waals surface area contributed by atoms with Gasteiger partial charge in [0.25, 0.3) is 0 Å². The summed E-state index contributed by atoms with van der Waals surface area (Å²) in [4.78, 5) is 15.7. The van der Waals surface area contributed by atoms with E-state index in [1.807, 2.05) is 23.9 Å². The molecule has 4 nitrogen and oxygen atoms in total. The van der Waals surface area contributed by atoms with Gasteiger partial charge in [-0.05, 0) is 53.3 Å². The molecule has 1 aromatic heterocycles. The number of hydrogen-bond donors (Lipinski definition) is 1. The van der Waals surface area contributed by atoms with Crippen molar-refractivity contribution in [3.8, 4) is 0 Å². The van der Waals surface area contributed by atoms with Crippen molar-refractivity contribution in [1.82, 2.24) is 4.98 Å². The normalized spacial score (nSPS) is 14.3. The molecular weight excluding hydrogens is 450 g/mol. The van der Waals surface area contributed by atoms with Crippen LogP contribution in [0.5, 0.6) is 0 Å². The van der Waals surface area contributed by atoms with Crippen molar-refractivity contribution in [2.45, 2.75) is 23.1 Å². The first kappa shape index (κ1) is 21.7. The highest BCUT2D eigenvalue weighted by molar-refractivity contribution is 8.00. The molecule has 6 heteroatoms. The Kier molecular flexibility index (Phi) is 6.46. The van der Waals surface area contributed by atoms with Crippen LogP contribution in [-0.2, 0) is 9.53 Å². The minimum Gasteiger partial charge on any atom is -0.482 e. The second-order valence-electron chi connectivity index (χ2n) is 7.92. The smallest absolute Gasteiger partial charge is 0.341 e. The largest absolute Gasteiger partial charge is 0.482 e. The Balaban J connectivity index is 1.27. The molecule has 2 aromatic carbocycles. The monoisotopic (exact) mass is 473 g/mol. The van der Waals surface area contributed by atoms with Crippen LogP contribution in [0.1, 0.15) is 29.9 Å². The second-order valence-corrected chi connectivity index (χ2v) is 10.3. The number of thioether (sulfide) groups is 1. The number of nitrogens with zero attached hydrogens (tertiary/aromatic N) is 1.